The van der Waals surface area contributed by atoms with Crippen LogP contribution in [-0.4, -0.2) is 19.1 Å². The molecule has 0 spiro atoms. The molecule has 0 saturated heterocycles. The first-order valence-corrected chi connectivity index (χ1v) is 8.71. The largest absolute Gasteiger partial charge is 0.490 e. The molecule has 0 aliphatic heterocycles. The topological polar surface area (TPSA) is 71.3 Å². The number of carbonyl (C=O) groups excluding carboxylic acids is 1. The van der Waals surface area contributed by atoms with E-state index in [-0.39, 0.29) is 12.5 Å². The molecule has 0 saturated carbocycles. The van der Waals surface area contributed by atoms with Crippen LogP contribution in [0.25, 0.3) is 0 Å². The highest BCUT2D eigenvalue weighted by atomic mass is 79.9. The van der Waals surface area contributed by atoms with Crippen molar-refractivity contribution in [2.45, 2.75) is 13.5 Å². The van der Waals surface area contributed by atoms with Gasteiger partial charge in [-0.3, -0.25) is 4.79 Å². The zero-order valence-corrected chi connectivity index (χ0v) is 15.9. The van der Waals surface area contributed by atoms with Crippen LogP contribution in [0.15, 0.2) is 40.9 Å². The Morgan fingerprint density at radius 1 is 1.28 bits per heavy atom. The number of benzene rings is 2. The summed E-state index contributed by atoms with van der Waals surface area (Å²) in [6.07, 6.45) is 0. The van der Waals surface area contributed by atoms with E-state index >= 15 is 0 Å². The number of rotatable bonds is 7. The van der Waals surface area contributed by atoms with Gasteiger partial charge in [0.05, 0.1) is 22.7 Å². The Morgan fingerprint density at radius 3 is 2.64 bits per heavy atom. The van der Waals surface area contributed by atoms with Crippen LogP contribution in [-0.2, 0) is 11.3 Å². The number of amides is 1. The second-order valence-corrected chi connectivity index (χ2v) is 6.31. The number of hydrogen-bond donors (Lipinski definition) is 1. The van der Waals surface area contributed by atoms with E-state index in [2.05, 4.69) is 21.2 Å². The summed E-state index contributed by atoms with van der Waals surface area (Å²) in [6, 6.07) is 12.5. The highest BCUT2D eigenvalue weighted by molar-refractivity contribution is 9.10. The molecular formula is C18H16BrClN2O3. The standard InChI is InChI=1S/C18H16BrClN2O3/c1-2-24-16-8-13(9-21)7-15(19)18(16)25-11-17(23)22-10-12-3-5-14(20)6-4-12/h3-8H,2,10-11H2,1H3,(H,22,23). The molecule has 25 heavy (non-hydrogen) atoms. The van der Waals surface area contributed by atoms with E-state index < -0.39 is 0 Å². The van der Waals surface area contributed by atoms with Crippen molar-refractivity contribution in [3.05, 3.63) is 57.0 Å². The molecule has 1 amide bonds. The Balaban J connectivity index is 1.96. The minimum absolute atomic E-state index is 0.168. The van der Waals surface area contributed by atoms with Crippen molar-refractivity contribution in [3.63, 3.8) is 0 Å². The Kier molecular flexibility index (Phi) is 7.11. The van der Waals surface area contributed by atoms with Crippen LogP contribution in [0.3, 0.4) is 0 Å². The number of nitriles is 1. The van der Waals surface area contributed by atoms with Crippen molar-refractivity contribution in [2.24, 2.45) is 0 Å². The van der Waals surface area contributed by atoms with E-state index in [9.17, 15) is 4.79 Å². The van der Waals surface area contributed by atoms with Gasteiger partial charge in [-0.25, -0.2) is 0 Å². The van der Waals surface area contributed by atoms with E-state index in [1.165, 1.54) is 0 Å². The SMILES string of the molecule is CCOc1cc(C#N)cc(Br)c1OCC(=O)NCc1ccc(Cl)cc1. The quantitative estimate of drug-likeness (QED) is 0.729. The number of nitrogens with zero attached hydrogens (tertiary/aromatic N) is 1. The van der Waals surface area contributed by atoms with Gasteiger partial charge in [-0.1, -0.05) is 23.7 Å². The minimum atomic E-state index is -0.270. The van der Waals surface area contributed by atoms with Crippen molar-refractivity contribution in [1.29, 1.82) is 5.26 Å². The Hall–Kier alpha value is -2.23. The van der Waals surface area contributed by atoms with Gasteiger partial charge in [0, 0.05) is 17.6 Å². The van der Waals surface area contributed by atoms with Crippen LogP contribution in [0.5, 0.6) is 11.5 Å². The summed E-state index contributed by atoms with van der Waals surface area (Å²) in [6.45, 7) is 2.46. The van der Waals surface area contributed by atoms with E-state index in [1.54, 1.807) is 24.3 Å². The summed E-state index contributed by atoms with van der Waals surface area (Å²) in [5, 5.41) is 12.4. The van der Waals surface area contributed by atoms with Crippen molar-refractivity contribution in [2.75, 3.05) is 13.2 Å². The lowest BCUT2D eigenvalue weighted by Gasteiger charge is -2.14. The van der Waals surface area contributed by atoms with Crippen LogP contribution in [0.1, 0.15) is 18.1 Å². The number of halogens is 2. The fourth-order valence-corrected chi connectivity index (χ4v) is 2.71. The van der Waals surface area contributed by atoms with Gasteiger partial charge >= 0.3 is 0 Å². The average Bonchev–Trinajstić information content (AvgIpc) is 2.60. The third-order valence-corrected chi connectivity index (χ3v) is 4.03. The second kappa shape index (κ2) is 9.30. The molecule has 2 aromatic carbocycles. The fourth-order valence-electron chi connectivity index (χ4n) is 2.03. The molecule has 130 valence electrons. The van der Waals surface area contributed by atoms with Crippen LogP contribution in [0.4, 0.5) is 0 Å². The first-order chi connectivity index (χ1) is 12.0. The number of ether oxygens (including phenoxy) is 2. The molecule has 0 radical (unpaired) electrons. The number of carbonyl (C=O) groups is 1. The van der Waals surface area contributed by atoms with E-state index in [0.717, 1.165) is 5.56 Å². The first-order valence-electron chi connectivity index (χ1n) is 7.54. The van der Waals surface area contributed by atoms with Gasteiger partial charge in [0.15, 0.2) is 18.1 Å². The van der Waals surface area contributed by atoms with Crippen molar-refractivity contribution >= 4 is 33.4 Å². The van der Waals surface area contributed by atoms with Crippen LogP contribution in [0.2, 0.25) is 5.02 Å². The molecule has 2 rings (SSSR count). The summed E-state index contributed by atoms with van der Waals surface area (Å²) >= 11 is 9.17. The fraction of sp³-hybridized carbons (Fsp3) is 0.222. The molecule has 2 aromatic rings. The van der Waals surface area contributed by atoms with Crippen molar-refractivity contribution in [3.8, 4) is 17.6 Å². The van der Waals surface area contributed by atoms with Crippen LogP contribution < -0.4 is 14.8 Å². The summed E-state index contributed by atoms with van der Waals surface area (Å²) in [4.78, 5) is 12.0. The monoisotopic (exact) mass is 422 g/mol. The van der Waals surface area contributed by atoms with Gasteiger partial charge in [0.25, 0.3) is 5.91 Å². The maximum absolute atomic E-state index is 12.0. The van der Waals surface area contributed by atoms with Crippen molar-refractivity contribution < 1.29 is 14.3 Å². The van der Waals surface area contributed by atoms with E-state index in [4.69, 9.17) is 26.3 Å². The third-order valence-electron chi connectivity index (χ3n) is 3.19. The van der Waals surface area contributed by atoms with Gasteiger partial charge in [-0.05, 0) is 46.6 Å². The molecule has 0 aliphatic carbocycles. The summed E-state index contributed by atoms with van der Waals surface area (Å²) in [5.41, 5.74) is 1.38. The normalized spacial score (nSPS) is 10.0. The summed E-state index contributed by atoms with van der Waals surface area (Å²) < 4.78 is 11.6. The Morgan fingerprint density at radius 2 is 2.00 bits per heavy atom. The van der Waals surface area contributed by atoms with Gasteiger partial charge in [-0.2, -0.15) is 5.26 Å². The highest BCUT2D eigenvalue weighted by Crippen LogP contribution is 2.36. The van der Waals surface area contributed by atoms with Gasteiger partial charge in [0.2, 0.25) is 0 Å². The maximum Gasteiger partial charge on any atom is 0.258 e. The molecule has 0 fully saturated rings. The van der Waals surface area contributed by atoms with E-state index in [0.29, 0.717) is 39.7 Å². The molecular weight excluding hydrogens is 408 g/mol. The number of nitrogens with one attached hydrogen (secondary N) is 1. The molecule has 0 heterocycles. The first kappa shape index (κ1) is 19.1. The molecule has 0 unspecified atom stereocenters. The van der Waals surface area contributed by atoms with Crippen LogP contribution in [0, 0.1) is 11.3 Å². The van der Waals surface area contributed by atoms with E-state index in [1.807, 2.05) is 25.1 Å². The average molecular weight is 424 g/mol. The lowest BCUT2D eigenvalue weighted by molar-refractivity contribution is -0.123. The molecule has 7 heteroatoms. The molecule has 5 nitrogen and oxygen atoms in total. The zero-order chi connectivity index (χ0) is 18.2. The third kappa shape index (κ3) is 5.66. The lowest BCUT2D eigenvalue weighted by Crippen LogP contribution is -2.28. The predicted octanol–water partition coefficient (Wildman–Crippen LogP) is 4.07. The lowest BCUT2D eigenvalue weighted by atomic mass is 10.2. The summed E-state index contributed by atoms with van der Waals surface area (Å²) in [5.74, 6) is 0.537. The zero-order valence-electron chi connectivity index (χ0n) is 13.5. The van der Waals surface area contributed by atoms with Gasteiger partial charge < -0.3 is 14.8 Å². The molecule has 0 atom stereocenters. The maximum atomic E-state index is 12.0. The molecule has 0 aromatic heterocycles. The second-order valence-electron chi connectivity index (χ2n) is 5.02. The minimum Gasteiger partial charge on any atom is -0.490 e. The highest BCUT2D eigenvalue weighted by Gasteiger charge is 2.14. The smallest absolute Gasteiger partial charge is 0.258 e. The Labute approximate surface area is 159 Å². The molecule has 0 aliphatic rings. The molecule has 0 bridgehead atoms. The van der Waals surface area contributed by atoms with Crippen LogP contribution >= 0.6 is 27.5 Å². The predicted molar refractivity (Wildman–Crippen MR) is 98.8 cm³/mol. The summed E-state index contributed by atoms with van der Waals surface area (Å²) in [7, 11) is 0. The van der Waals surface area contributed by atoms with Gasteiger partial charge in [-0.15, -0.1) is 0 Å². The molecule has 1 N–H and O–H groups in total. The Bertz CT molecular complexity index is 788. The number of hydrogen-bond acceptors (Lipinski definition) is 4. The van der Waals surface area contributed by atoms with Gasteiger partial charge in [0.1, 0.15) is 0 Å². The van der Waals surface area contributed by atoms with Crippen molar-refractivity contribution in [1.82, 2.24) is 5.32 Å².